The van der Waals surface area contributed by atoms with Gasteiger partial charge < -0.3 is 5.32 Å². The van der Waals surface area contributed by atoms with Gasteiger partial charge in [0, 0.05) is 11.6 Å². The number of aryl methyl sites for hydroxylation is 1. The molecule has 1 aromatic rings. The van der Waals surface area contributed by atoms with Gasteiger partial charge in [-0.25, -0.2) is 0 Å². The Kier molecular flexibility index (Phi) is 5.20. The van der Waals surface area contributed by atoms with Gasteiger partial charge in [-0.05, 0) is 60.9 Å². The van der Waals surface area contributed by atoms with Crippen LogP contribution in [0.15, 0.2) is 18.2 Å². The first-order valence-corrected chi connectivity index (χ1v) is 7.82. The highest BCUT2D eigenvalue weighted by Crippen LogP contribution is 2.22. The van der Waals surface area contributed by atoms with Crippen LogP contribution in [-0.4, -0.2) is 18.1 Å². The third-order valence-electron chi connectivity index (χ3n) is 3.34. The van der Waals surface area contributed by atoms with Crippen LogP contribution in [0, 0.1) is 12.8 Å². The van der Waals surface area contributed by atoms with E-state index in [1.54, 1.807) is 0 Å². The molecule has 0 amide bonds. The summed E-state index contributed by atoms with van der Waals surface area (Å²) < 4.78 is 0. The molecular weight excluding hydrogens is 250 g/mol. The van der Waals surface area contributed by atoms with Gasteiger partial charge in [0.2, 0.25) is 0 Å². The number of halogens is 1. The molecule has 1 aliphatic rings. The van der Waals surface area contributed by atoms with E-state index in [1.807, 2.05) is 6.92 Å². The molecule has 1 fully saturated rings. The first kappa shape index (κ1) is 13.3. The van der Waals surface area contributed by atoms with E-state index in [0.29, 0.717) is 0 Å². The van der Waals surface area contributed by atoms with Crippen molar-refractivity contribution in [2.24, 2.45) is 5.92 Å². The van der Waals surface area contributed by atoms with Crippen LogP contribution >= 0.6 is 23.4 Å². The maximum absolute atomic E-state index is 6.11. The highest BCUT2D eigenvalue weighted by atomic mass is 35.5. The summed E-state index contributed by atoms with van der Waals surface area (Å²) in [5.74, 6) is 3.54. The fraction of sp³-hybridized carbons (Fsp3) is 0.571. The van der Waals surface area contributed by atoms with Gasteiger partial charge >= 0.3 is 0 Å². The molecule has 0 unspecified atom stereocenters. The Hall–Kier alpha value is -0.180. The van der Waals surface area contributed by atoms with E-state index >= 15 is 0 Å². The van der Waals surface area contributed by atoms with Crippen LogP contribution in [0.3, 0.4) is 0 Å². The van der Waals surface area contributed by atoms with Crippen LogP contribution in [0.1, 0.15) is 24.0 Å². The Morgan fingerprint density at radius 3 is 2.82 bits per heavy atom. The molecule has 0 saturated carbocycles. The third kappa shape index (κ3) is 4.20. The van der Waals surface area contributed by atoms with Crippen LogP contribution < -0.4 is 5.32 Å². The highest BCUT2D eigenvalue weighted by Gasteiger charge is 2.12. The number of nitrogens with one attached hydrogen (secondary N) is 1. The number of thioether (sulfide) groups is 1. The fourth-order valence-corrected chi connectivity index (χ4v) is 3.52. The lowest BCUT2D eigenvalue weighted by molar-refractivity contribution is 0.447. The molecule has 3 heteroatoms. The van der Waals surface area contributed by atoms with Gasteiger partial charge in [-0.2, -0.15) is 11.8 Å². The second kappa shape index (κ2) is 6.67. The minimum Gasteiger partial charge on any atom is -0.312 e. The van der Waals surface area contributed by atoms with Gasteiger partial charge in [0.15, 0.2) is 0 Å². The van der Waals surface area contributed by atoms with E-state index in [1.165, 1.54) is 29.9 Å². The first-order valence-electron chi connectivity index (χ1n) is 6.29. The molecule has 2 rings (SSSR count). The van der Waals surface area contributed by atoms with Crippen molar-refractivity contribution in [3.8, 4) is 0 Å². The molecule has 1 N–H and O–H groups in total. The molecule has 0 bridgehead atoms. The van der Waals surface area contributed by atoms with E-state index < -0.39 is 0 Å². The van der Waals surface area contributed by atoms with E-state index in [2.05, 4.69) is 35.3 Å². The molecule has 0 atom stereocenters. The lowest BCUT2D eigenvalue weighted by Crippen LogP contribution is -2.25. The largest absolute Gasteiger partial charge is 0.312 e. The van der Waals surface area contributed by atoms with Crippen molar-refractivity contribution < 1.29 is 0 Å². The molecule has 1 saturated heterocycles. The minimum absolute atomic E-state index is 0.872. The van der Waals surface area contributed by atoms with Crippen molar-refractivity contribution in [2.45, 2.75) is 26.3 Å². The summed E-state index contributed by atoms with van der Waals surface area (Å²) in [6, 6.07) is 6.32. The van der Waals surface area contributed by atoms with Crippen molar-refractivity contribution in [1.82, 2.24) is 5.32 Å². The summed E-state index contributed by atoms with van der Waals surface area (Å²) >= 11 is 8.20. The molecule has 1 aliphatic heterocycles. The average Bonchev–Trinajstić information content (AvgIpc) is 2.35. The van der Waals surface area contributed by atoms with Crippen LogP contribution in [-0.2, 0) is 6.54 Å². The van der Waals surface area contributed by atoms with E-state index in [4.69, 9.17) is 11.6 Å². The number of rotatable bonds is 4. The quantitative estimate of drug-likeness (QED) is 0.890. The lowest BCUT2D eigenvalue weighted by atomic mass is 10.0. The predicted molar refractivity (Wildman–Crippen MR) is 77.9 cm³/mol. The van der Waals surface area contributed by atoms with Gasteiger partial charge in [-0.15, -0.1) is 0 Å². The molecule has 1 heterocycles. The molecule has 0 aliphatic carbocycles. The molecular formula is C14H20ClNS. The van der Waals surface area contributed by atoms with Crippen LogP contribution in [0.25, 0.3) is 0 Å². The normalized spacial score (nSPS) is 17.3. The molecule has 17 heavy (non-hydrogen) atoms. The molecule has 1 nitrogen and oxygen atoms in total. The van der Waals surface area contributed by atoms with Crippen LogP contribution in [0.5, 0.6) is 0 Å². The summed E-state index contributed by atoms with van der Waals surface area (Å²) in [7, 11) is 0. The third-order valence-corrected chi connectivity index (χ3v) is 4.80. The lowest BCUT2D eigenvalue weighted by Gasteiger charge is -2.21. The standard InChI is InChI=1S/C14H20ClNS/c1-11-2-3-13(8-14(11)15)10-16-9-12-4-6-17-7-5-12/h2-3,8,12,16H,4-7,9-10H2,1H3. The topological polar surface area (TPSA) is 12.0 Å². The molecule has 0 radical (unpaired) electrons. The van der Waals surface area contributed by atoms with Crippen LogP contribution in [0.2, 0.25) is 5.02 Å². The van der Waals surface area contributed by atoms with Gasteiger partial charge in [0.05, 0.1) is 0 Å². The zero-order valence-corrected chi connectivity index (χ0v) is 11.9. The van der Waals surface area contributed by atoms with Crippen molar-refractivity contribution in [3.63, 3.8) is 0 Å². The molecule has 94 valence electrons. The highest BCUT2D eigenvalue weighted by molar-refractivity contribution is 7.99. The Morgan fingerprint density at radius 2 is 2.12 bits per heavy atom. The van der Waals surface area contributed by atoms with Crippen molar-refractivity contribution >= 4 is 23.4 Å². The van der Waals surface area contributed by atoms with E-state index in [0.717, 1.165) is 29.6 Å². The summed E-state index contributed by atoms with van der Waals surface area (Å²) in [4.78, 5) is 0. The van der Waals surface area contributed by atoms with Gasteiger partial charge in [-0.1, -0.05) is 23.7 Å². The summed E-state index contributed by atoms with van der Waals surface area (Å²) in [6.45, 7) is 4.12. The molecule has 0 aromatic heterocycles. The maximum atomic E-state index is 6.11. The Morgan fingerprint density at radius 1 is 1.35 bits per heavy atom. The SMILES string of the molecule is Cc1ccc(CNCC2CCSCC2)cc1Cl. The fourth-order valence-electron chi connectivity index (χ4n) is 2.12. The second-order valence-corrected chi connectivity index (χ2v) is 6.40. The van der Waals surface area contributed by atoms with Gasteiger partial charge in [0.1, 0.15) is 0 Å². The Balaban J connectivity index is 1.75. The average molecular weight is 270 g/mol. The smallest absolute Gasteiger partial charge is 0.0438 e. The zero-order chi connectivity index (χ0) is 12.1. The summed E-state index contributed by atoms with van der Waals surface area (Å²) in [6.07, 6.45) is 2.73. The Labute approximate surface area is 113 Å². The van der Waals surface area contributed by atoms with E-state index in [9.17, 15) is 0 Å². The monoisotopic (exact) mass is 269 g/mol. The summed E-state index contributed by atoms with van der Waals surface area (Å²) in [5.41, 5.74) is 2.44. The number of hydrogen-bond donors (Lipinski definition) is 1. The van der Waals surface area contributed by atoms with Gasteiger partial charge in [0.25, 0.3) is 0 Å². The van der Waals surface area contributed by atoms with E-state index in [-0.39, 0.29) is 0 Å². The maximum Gasteiger partial charge on any atom is 0.0438 e. The Bertz CT molecular complexity index is 361. The minimum atomic E-state index is 0.872. The predicted octanol–water partition coefficient (Wildman–Crippen LogP) is 3.88. The molecule has 0 spiro atoms. The number of hydrogen-bond acceptors (Lipinski definition) is 2. The zero-order valence-electron chi connectivity index (χ0n) is 10.3. The van der Waals surface area contributed by atoms with Crippen LogP contribution in [0.4, 0.5) is 0 Å². The molecule has 1 aromatic carbocycles. The second-order valence-electron chi connectivity index (χ2n) is 4.77. The van der Waals surface area contributed by atoms with Crippen molar-refractivity contribution in [3.05, 3.63) is 34.3 Å². The summed E-state index contributed by atoms with van der Waals surface area (Å²) in [5, 5.41) is 4.42. The first-order chi connectivity index (χ1) is 8.25. The van der Waals surface area contributed by atoms with Crippen molar-refractivity contribution in [1.29, 1.82) is 0 Å². The number of benzene rings is 1. The van der Waals surface area contributed by atoms with Crippen molar-refractivity contribution in [2.75, 3.05) is 18.1 Å². The van der Waals surface area contributed by atoms with Gasteiger partial charge in [-0.3, -0.25) is 0 Å².